The fraction of sp³-hybridized carbons (Fsp3) is 0.250. The molecule has 0 bridgehead atoms. The summed E-state index contributed by atoms with van der Waals surface area (Å²) in [5.41, 5.74) is 3.63. The molecule has 2 aromatic heterocycles. The van der Waals surface area contributed by atoms with E-state index in [0.717, 1.165) is 4.88 Å². The Morgan fingerprint density at radius 3 is 3.00 bits per heavy atom. The third-order valence-corrected chi connectivity index (χ3v) is 3.16. The van der Waals surface area contributed by atoms with Gasteiger partial charge in [-0.2, -0.15) is 10.2 Å². The second-order valence-corrected chi connectivity index (χ2v) is 5.28. The number of hydrazone groups is 1. The third-order valence-electron chi connectivity index (χ3n) is 2.35. The fourth-order valence-corrected chi connectivity index (χ4v) is 2.00. The zero-order chi connectivity index (χ0) is 15.2. The number of thiophene rings is 1. The standard InChI is InChI=1S/C12H15N7OS/c1-8-10(16-18-19(2)3)11(15-14-8)12(20)17-13-7-9-5-4-6-21-9/h4-7H,1-3H3,(H,14,15)(H,17,20)/b13-7+,18-16?. The highest BCUT2D eigenvalue weighted by molar-refractivity contribution is 7.11. The van der Waals surface area contributed by atoms with Crippen LogP contribution < -0.4 is 5.43 Å². The number of rotatable bonds is 5. The molecule has 0 spiro atoms. The van der Waals surface area contributed by atoms with Crippen LogP contribution in [0.15, 0.2) is 33.0 Å². The van der Waals surface area contributed by atoms with E-state index in [9.17, 15) is 4.79 Å². The van der Waals surface area contributed by atoms with Crippen LogP contribution in [0.4, 0.5) is 5.69 Å². The second kappa shape index (κ2) is 6.75. The topological polar surface area (TPSA) is 98.1 Å². The molecule has 0 aliphatic heterocycles. The fourth-order valence-electron chi connectivity index (χ4n) is 1.41. The summed E-state index contributed by atoms with van der Waals surface area (Å²) in [4.78, 5) is 13.0. The van der Waals surface area contributed by atoms with E-state index in [-0.39, 0.29) is 5.69 Å². The first-order chi connectivity index (χ1) is 10.1. The lowest BCUT2D eigenvalue weighted by atomic mass is 10.3. The Balaban J connectivity index is 2.09. The summed E-state index contributed by atoms with van der Waals surface area (Å²) in [5, 5.41) is 21.9. The number of hydrogen-bond acceptors (Lipinski definition) is 6. The van der Waals surface area contributed by atoms with E-state index in [1.54, 1.807) is 27.2 Å². The number of aromatic amines is 1. The van der Waals surface area contributed by atoms with Crippen molar-refractivity contribution < 1.29 is 4.79 Å². The summed E-state index contributed by atoms with van der Waals surface area (Å²) >= 11 is 1.53. The van der Waals surface area contributed by atoms with Gasteiger partial charge in [0.15, 0.2) is 5.69 Å². The molecule has 0 saturated carbocycles. The van der Waals surface area contributed by atoms with Gasteiger partial charge in [0.05, 0.1) is 11.9 Å². The van der Waals surface area contributed by atoms with Crippen molar-refractivity contribution in [3.8, 4) is 0 Å². The van der Waals surface area contributed by atoms with Crippen LogP contribution in [0.2, 0.25) is 0 Å². The van der Waals surface area contributed by atoms with E-state index in [4.69, 9.17) is 0 Å². The van der Waals surface area contributed by atoms with E-state index < -0.39 is 5.91 Å². The average molecular weight is 305 g/mol. The lowest BCUT2D eigenvalue weighted by Gasteiger charge is -2.01. The van der Waals surface area contributed by atoms with Crippen molar-refractivity contribution in [2.75, 3.05) is 14.1 Å². The van der Waals surface area contributed by atoms with Crippen molar-refractivity contribution in [1.82, 2.24) is 20.6 Å². The molecule has 2 aromatic rings. The van der Waals surface area contributed by atoms with Crippen molar-refractivity contribution in [2.45, 2.75) is 6.92 Å². The predicted molar refractivity (Wildman–Crippen MR) is 80.9 cm³/mol. The molecule has 0 saturated heterocycles. The number of nitrogens with zero attached hydrogens (tertiary/aromatic N) is 5. The molecular formula is C12H15N7OS. The summed E-state index contributed by atoms with van der Waals surface area (Å²) in [7, 11) is 3.48. The van der Waals surface area contributed by atoms with E-state index in [2.05, 4.69) is 31.1 Å². The largest absolute Gasteiger partial charge is 0.294 e. The Morgan fingerprint density at radius 2 is 2.33 bits per heavy atom. The van der Waals surface area contributed by atoms with Gasteiger partial charge in [-0.25, -0.2) is 5.43 Å². The van der Waals surface area contributed by atoms with Crippen LogP contribution in [0.25, 0.3) is 0 Å². The maximum atomic E-state index is 12.0. The Labute approximate surface area is 125 Å². The minimum atomic E-state index is -0.445. The van der Waals surface area contributed by atoms with Crippen molar-refractivity contribution in [3.05, 3.63) is 33.8 Å². The van der Waals surface area contributed by atoms with E-state index >= 15 is 0 Å². The first-order valence-electron chi connectivity index (χ1n) is 6.09. The average Bonchev–Trinajstić information content (AvgIpc) is 3.06. The Kier molecular flexibility index (Phi) is 4.77. The molecule has 0 atom stereocenters. The molecule has 0 unspecified atom stereocenters. The maximum absolute atomic E-state index is 12.0. The summed E-state index contributed by atoms with van der Waals surface area (Å²) in [6.45, 7) is 1.77. The van der Waals surface area contributed by atoms with Crippen LogP contribution in [0.5, 0.6) is 0 Å². The van der Waals surface area contributed by atoms with Crippen LogP contribution in [0.3, 0.4) is 0 Å². The summed E-state index contributed by atoms with van der Waals surface area (Å²) in [5.74, 6) is -0.445. The van der Waals surface area contributed by atoms with Crippen LogP contribution >= 0.6 is 11.3 Å². The highest BCUT2D eigenvalue weighted by atomic mass is 32.1. The van der Waals surface area contributed by atoms with Crippen molar-refractivity contribution in [3.63, 3.8) is 0 Å². The third kappa shape index (κ3) is 3.96. The molecular weight excluding hydrogens is 290 g/mol. The number of hydrogen-bond donors (Lipinski definition) is 2. The zero-order valence-electron chi connectivity index (χ0n) is 11.9. The normalized spacial score (nSPS) is 11.4. The molecule has 1 amide bonds. The van der Waals surface area contributed by atoms with Gasteiger partial charge in [0.2, 0.25) is 0 Å². The predicted octanol–water partition coefficient (Wildman–Crippen LogP) is 2.10. The van der Waals surface area contributed by atoms with Gasteiger partial charge in [-0.1, -0.05) is 11.3 Å². The van der Waals surface area contributed by atoms with Gasteiger partial charge < -0.3 is 0 Å². The van der Waals surface area contributed by atoms with E-state index in [1.165, 1.54) is 16.3 Å². The second-order valence-electron chi connectivity index (χ2n) is 4.30. The number of carbonyl (C=O) groups excluding carboxylic acids is 1. The monoisotopic (exact) mass is 305 g/mol. The Morgan fingerprint density at radius 1 is 1.52 bits per heavy atom. The SMILES string of the molecule is Cc1[nH]nc(C(=O)N/N=C/c2cccs2)c1N=NN(C)C. The Bertz CT molecular complexity index is 657. The summed E-state index contributed by atoms with van der Waals surface area (Å²) in [6, 6.07) is 3.81. The molecule has 0 radical (unpaired) electrons. The summed E-state index contributed by atoms with van der Waals surface area (Å²) < 4.78 is 0. The van der Waals surface area contributed by atoms with Crippen molar-refractivity contribution in [1.29, 1.82) is 0 Å². The number of aryl methyl sites for hydroxylation is 1. The molecule has 0 aromatic carbocycles. The Hall–Kier alpha value is -2.55. The van der Waals surface area contributed by atoms with Gasteiger partial charge in [-0.3, -0.25) is 14.9 Å². The number of aromatic nitrogens is 2. The summed E-state index contributed by atoms with van der Waals surface area (Å²) in [6.07, 6.45) is 1.57. The molecule has 0 aliphatic rings. The molecule has 9 heteroatoms. The zero-order valence-corrected chi connectivity index (χ0v) is 12.7. The molecule has 0 aliphatic carbocycles. The highest BCUT2D eigenvalue weighted by Crippen LogP contribution is 2.21. The molecule has 110 valence electrons. The van der Waals surface area contributed by atoms with Gasteiger partial charge in [-0.05, 0) is 18.4 Å². The molecule has 2 N–H and O–H groups in total. The van der Waals surface area contributed by atoms with Crippen molar-refractivity contribution in [2.24, 2.45) is 15.4 Å². The van der Waals surface area contributed by atoms with Gasteiger partial charge >= 0.3 is 0 Å². The quantitative estimate of drug-likeness (QED) is 0.503. The van der Waals surface area contributed by atoms with Gasteiger partial charge in [0.1, 0.15) is 5.69 Å². The van der Waals surface area contributed by atoms with Crippen LogP contribution in [-0.2, 0) is 0 Å². The highest BCUT2D eigenvalue weighted by Gasteiger charge is 2.17. The molecule has 2 rings (SSSR count). The number of amides is 1. The molecule has 0 fully saturated rings. The molecule has 2 heterocycles. The number of H-pyrrole nitrogens is 1. The molecule has 8 nitrogen and oxygen atoms in total. The minimum Gasteiger partial charge on any atom is -0.285 e. The van der Waals surface area contributed by atoms with Crippen LogP contribution in [0.1, 0.15) is 21.1 Å². The van der Waals surface area contributed by atoms with Crippen LogP contribution in [0, 0.1) is 6.92 Å². The van der Waals surface area contributed by atoms with Gasteiger partial charge in [0.25, 0.3) is 5.91 Å². The van der Waals surface area contributed by atoms with Crippen molar-refractivity contribution >= 4 is 29.1 Å². The lowest BCUT2D eigenvalue weighted by Crippen LogP contribution is -2.18. The first kappa shape index (κ1) is 14.9. The minimum absolute atomic E-state index is 0.154. The van der Waals surface area contributed by atoms with Gasteiger partial charge in [-0.15, -0.1) is 16.5 Å². The van der Waals surface area contributed by atoms with E-state index in [0.29, 0.717) is 11.4 Å². The number of nitrogens with one attached hydrogen (secondary N) is 2. The van der Waals surface area contributed by atoms with Crippen LogP contribution in [-0.4, -0.2) is 41.4 Å². The van der Waals surface area contributed by atoms with Gasteiger partial charge in [0, 0.05) is 19.0 Å². The lowest BCUT2D eigenvalue weighted by molar-refractivity contribution is 0.0950. The van der Waals surface area contributed by atoms with E-state index in [1.807, 2.05) is 17.5 Å². The number of carbonyl (C=O) groups is 1. The maximum Gasteiger partial charge on any atom is 0.294 e. The smallest absolute Gasteiger partial charge is 0.285 e. The molecule has 21 heavy (non-hydrogen) atoms. The first-order valence-corrected chi connectivity index (χ1v) is 6.96.